The van der Waals surface area contributed by atoms with Crippen LogP contribution in [-0.4, -0.2) is 24.4 Å². The average molecular weight is 402 g/mol. The second-order valence-corrected chi connectivity index (χ2v) is 7.07. The Labute approximate surface area is 155 Å². The minimum atomic E-state index is -0.174. The Bertz CT molecular complexity index is 803. The Morgan fingerprint density at radius 1 is 1.16 bits per heavy atom. The van der Waals surface area contributed by atoms with Crippen molar-refractivity contribution >= 4 is 39.1 Å². The van der Waals surface area contributed by atoms with E-state index in [1.54, 1.807) is 24.3 Å². The third-order valence-corrected chi connectivity index (χ3v) is 4.54. The molecule has 0 radical (unpaired) electrons. The molecule has 0 bridgehead atoms. The minimum absolute atomic E-state index is 0.0969. The number of benzene rings is 2. The Hall–Kier alpha value is -2.34. The highest BCUT2D eigenvalue weighted by molar-refractivity contribution is 9.10. The number of carbonyl (C=O) groups excluding carboxylic acids is 2. The quantitative estimate of drug-likeness (QED) is 0.690. The van der Waals surface area contributed by atoms with Crippen molar-refractivity contribution in [1.29, 1.82) is 0 Å². The number of anilines is 2. The van der Waals surface area contributed by atoms with Gasteiger partial charge in [0.05, 0.1) is 6.54 Å². The van der Waals surface area contributed by atoms with Crippen LogP contribution in [0.4, 0.5) is 11.4 Å². The van der Waals surface area contributed by atoms with Gasteiger partial charge in [-0.05, 0) is 71.6 Å². The van der Waals surface area contributed by atoms with Crippen molar-refractivity contribution in [2.24, 2.45) is 0 Å². The van der Waals surface area contributed by atoms with Crippen LogP contribution in [0.15, 0.2) is 46.9 Å². The van der Waals surface area contributed by atoms with E-state index < -0.39 is 0 Å². The van der Waals surface area contributed by atoms with E-state index in [9.17, 15) is 9.59 Å². The fourth-order valence-corrected chi connectivity index (χ4v) is 3.01. The predicted octanol–water partition coefficient (Wildman–Crippen LogP) is 3.70. The number of rotatable bonds is 6. The van der Waals surface area contributed by atoms with E-state index in [4.69, 9.17) is 0 Å². The maximum Gasteiger partial charge on any atom is 0.251 e. The van der Waals surface area contributed by atoms with Gasteiger partial charge in [-0.2, -0.15) is 0 Å². The van der Waals surface area contributed by atoms with Gasteiger partial charge in [0, 0.05) is 27.5 Å². The first-order valence-corrected chi connectivity index (χ1v) is 9.01. The molecule has 5 nitrogen and oxygen atoms in total. The summed E-state index contributed by atoms with van der Waals surface area (Å²) in [5, 5.41) is 8.84. The van der Waals surface area contributed by atoms with E-state index in [0.717, 1.165) is 28.6 Å². The molecule has 2 aromatic carbocycles. The molecular weight excluding hydrogens is 382 g/mol. The summed E-state index contributed by atoms with van der Waals surface area (Å²) in [7, 11) is 0. The zero-order valence-corrected chi connectivity index (χ0v) is 15.5. The smallest absolute Gasteiger partial charge is 0.251 e. The minimum Gasteiger partial charge on any atom is -0.375 e. The fraction of sp³-hybridized carbons (Fsp3) is 0.263. The van der Waals surface area contributed by atoms with Gasteiger partial charge in [0.15, 0.2) is 0 Å². The second-order valence-electron chi connectivity index (χ2n) is 6.21. The molecule has 2 aromatic rings. The number of nitrogens with one attached hydrogen (secondary N) is 3. The molecule has 0 aliphatic heterocycles. The van der Waals surface area contributed by atoms with E-state index in [-0.39, 0.29) is 18.4 Å². The molecule has 1 aliphatic carbocycles. The summed E-state index contributed by atoms with van der Waals surface area (Å²) >= 11 is 3.48. The van der Waals surface area contributed by atoms with Gasteiger partial charge in [-0.3, -0.25) is 9.59 Å². The van der Waals surface area contributed by atoms with Crippen LogP contribution in [0.2, 0.25) is 0 Å². The predicted molar refractivity (Wildman–Crippen MR) is 103 cm³/mol. The third kappa shape index (κ3) is 5.06. The van der Waals surface area contributed by atoms with Crippen LogP contribution in [0.25, 0.3) is 0 Å². The molecule has 130 valence electrons. The molecule has 3 rings (SSSR count). The third-order valence-electron chi connectivity index (χ3n) is 3.89. The number of amides is 2. The van der Waals surface area contributed by atoms with Crippen LogP contribution >= 0.6 is 15.9 Å². The molecule has 0 spiro atoms. The second kappa shape index (κ2) is 7.70. The van der Waals surface area contributed by atoms with Crippen molar-refractivity contribution in [3.05, 3.63) is 58.1 Å². The molecule has 0 saturated heterocycles. The molecule has 0 unspecified atom stereocenters. The van der Waals surface area contributed by atoms with Crippen LogP contribution in [0, 0.1) is 6.92 Å². The van der Waals surface area contributed by atoms with Gasteiger partial charge in [-0.15, -0.1) is 0 Å². The topological polar surface area (TPSA) is 70.2 Å². The molecule has 3 N–H and O–H groups in total. The normalized spacial score (nSPS) is 13.2. The van der Waals surface area contributed by atoms with E-state index in [0.29, 0.717) is 17.3 Å². The van der Waals surface area contributed by atoms with Crippen molar-refractivity contribution in [3.8, 4) is 0 Å². The zero-order valence-electron chi connectivity index (χ0n) is 13.9. The molecule has 0 atom stereocenters. The fourth-order valence-electron chi connectivity index (χ4n) is 2.38. The Morgan fingerprint density at radius 2 is 1.96 bits per heavy atom. The maximum atomic E-state index is 12.1. The van der Waals surface area contributed by atoms with Crippen LogP contribution in [0.3, 0.4) is 0 Å². The van der Waals surface area contributed by atoms with E-state index in [1.807, 2.05) is 25.1 Å². The first-order chi connectivity index (χ1) is 12.0. The molecule has 6 heteroatoms. The molecule has 2 amide bonds. The summed E-state index contributed by atoms with van der Waals surface area (Å²) < 4.78 is 0.916. The number of aryl methyl sites for hydroxylation is 1. The monoisotopic (exact) mass is 401 g/mol. The highest BCUT2D eigenvalue weighted by Crippen LogP contribution is 2.23. The summed E-state index contributed by atoms with van der Waals surface area (Å²) in [6.45, 7) is 2.15. The Balaban J connectivity index is 1.56. The molecule has 1 fully saturated rings. The summed E-state index contributed by atoms with van der Waals surface area (Å²) in [4.78, 5) is 24.2. The molecular formula is C19H20BrN3O2. The van der Waals surface area contributed by atoms with Crippen molar-refractivity contribution < 1.29 is 9.59 Å². The summed E-state index contributed by atoms with van der Waals surface area (Å²) in [5.74, 6) is -0.271. The van der Waals surface area contributed by atoms with Gasteiger partial charge >= 0.3 is 0 Å². The number of halogens is 1. The largest absolute Gasteiger partial charge is 0.375 e. The lowest BCUT2D eigenvalue weighted by Crippen LogP contribution is -2.26. The maximum absolute atomic E-state index is 12.1. The summed E-state index contributed by atoms with van der Waals surface area (Å²) in [6.07, 6.45) is 2.09. The standard InChI is InChI=1S/C19H20BrN3O2/c1-12-5-8-17(16(20)9-12)21-11-18(24)22-15-4-2-3-13(10-15)19(25)23-14-6-7-14/h2-5,8-10,14,21H,6-7,11H2,1H3,(H,22,24)(H,23,25). The lowest BCUT2D eigenvalue weighted by molar-refractivity contribution is -0.114. The Kier molecular flexibility index (Phi) is 5.38. The van der Waals surface area contributed by atoms with Gasteiger partial charge in [0.1, 0.15) is 0 Å². The first kappa shape index (κ1) is 17.5. The van der Waals surface area contributed by atoms with Crippen molar-refractivity contribution in [3.63, 3.8) is 0 Å². The lowest BCUT2D eigenvalue weighted by atomic mass is 10.2. The highest BCUT2D eigenvalue weighted by Gasteiger charge is 2.23. The number of hydrogen-bond donors (Lipinski definition) is 3. The van der Waals surface area contributed by atoms with Crippen LogP contribution < -0.4 is 16.0 Å². The van der Waals surface area contributed by atoms with Crippen LogP contribution in [0.5, 0.6) is 0 Å². The van der Waals surface area contributed by atoms with Crippen molar-refractivity contribution in [1.82, 2.24) is 5.32 Å². The van der Waals surface area contributed by atoms with Gasteiger partial charge < -0.3 is 16.0 Å². The van der Waals surface area contributed by atoms with Gasteiger partial charge in [-0.1, -0.05) is 12.1 Å². The first-order valence-electron chi connectivity index (χ1n) is 8.22. The molecule has 0 aromatic heterocycles. The average Bonchev–Trinajstić information content (AvgIpc) is 3.38. The van der Waals surface area contributed by atoms with Crippen molar-refractivity contribution in [2.45, 2.75) is 25.8 Å². The van der Waals surface area contributed by atoms with Gasteiger partial charge in [-0.25, -0.2) is 0 Å². The SMILES string of the molecule is Cc1ccc(NCC(=O)Nc2cccc(C(=O)NC3CC3)c2)c(Br)c1. The van der Waals surface area contributed by atoms with Crippen LogP contribution in [0.1, 0.15) is 28.8 Å². The van der Waals surface area contributed by atoms with E-state index in [1.165, 1.54) is 0 Å². The number of carbonyl (C=O) groups is 2. The molecule has 0 heterocycles. The molecule has 25 heavy (non-hydrogen) atoms. The van der Waals surface area contributed by atoms with Gasteiger partial charge in [0.2, 0.25) is 5.91 Å². The van der Waals surface area contributed by atoms with E-state index >= 15 is 0 Å². The Morgan fingerprint density at radius 3 is 2.68 bits per heavy atom. The summed E-state index contributed by atoms with van der Waals surface area (Å²) in [6, 6.07) is 13.2. The van der Waals surface area contributed by atoms with E-state index in [2.05, 4.69) is 31.9 Å². The zero-order chi connectivity index (χ0) is 17.8. The lowest BCUT2D eigenvalue weighted by Gasteiger charge is -2.11. The summed E-state index contributed by atoms with van der Waals surface area (Å²) in [5.41, 5.74) is 3.17. The number of hydrogen-bond acceptors (Lipinski definition) is 3. The molecule has 1 saturated carbocycles. The van der Waals surface area contributed by atoms with Gasteiger partial charge in [0.25, 0.3) is 5.91 Å². The van der Waals surface area contributed by atoms with Crippen molar-refractivity contribution in [2.75, 3.05) is 17.2 Å². The van der Waals surface area contributed by atoms with Crippen LogP contribution in [-0.2, 0) is 4.79 Å². The highest BCUT2D eigenvalue weighted by atomic mass is 79.9. The molecule has 1 aliphatic rings.